The molecule has 1 aliphatic heterocycles. The number of hydrogen-bond donors (Lipinski definition) is 1. The summed E-state index contributed by atoms with van der Waals surface area (Å²) in [5.41, 5.74) is 2.02. The second-order valence-electron chi connectivity index (χ2n) is 6.88. The summed E-state index contributed by atoms with van der Waals surface area (Å²) in [6.45, 7) is 2.21. The molecule has 0 radical (unpaired) electrons. The number of anilines is 2. The summed E-state index contributed by atoms with van der Waals surface area (Å²) in [4.78, 5) is 19.0. The van der Waals surface area contributed by atoms with Crippen LogP contribution in [-0.2, 0) is 0 Å². The Morgan fingerprint density at radius 3 is 2.73 bits per heavy atom. The minimum Gasteiger partial charge on any atom is -0.351 e. The van der Waals surface area contributed by atoms with Crippen molar-refractivity contribution in [3.05, 3.63) is 29.8 Å². The smallest absolute Gasteiger partial charge is 0.223 e. The van der Waals surface area contributed by atoms with E-state index in [-0.39, 0.29) is 0 Å². The van der Waals surface area contributed by atoms with Gasteiger partial charge in [-0.25, -0.2) is 15.0 Å². The lowest BCUT2D eigenvalue weighted by molar-refractivity contribution is 0.577. The molecule has 2 fully saturated rings. The van der Waals surface area contributed by atoms with Gasteiger partial charge in [0.1, 0.15) is 5.69 Å². The van der Waals surface area contributed by atoms with Gasteiger partial charge in [0.25, 0.3) is 0 Å². The molecule has 26 heavy (non-hydrogen) atoms. The van der Waals surface area contributed by atoms with Crippen LogP contribution in [0.2, 0.25) is 0 Å². The fourth-order valence-electron chi connectivity index (χ4n) is 3.25. The van der Waals surface area contributed by atoms with Crippen molar-refractivity contribution in [3.63, 3.8) is 0 Å². The average Bonchev–Trinajstić information content (AvgIpc) is 3.17. The summed E-state index contributed by atoms with van der Waals surface area (Å²) in [5, 5.41) is 6.64. The van der Waals surface area contributed by atoms with Crippen LogP contribution in [0.4, 0.5) is 11.1 Å². The van der Waals surface area contributed by atoms with Gasteiger partial charge in [0, 0.05) is 25.3 Å². The summed E-state index contributed by atoms with van der Waals surface area (Å²) in [6, 6.07) is 6.78. The van der Waals surface area contributed by atoms with E-state index in [1.54, 1.807) is 22.7 Å². The number of nitrogens with one attached hydrogen (secondary N) is 1. The largest absolute Gasteiger partial charge is 0.351 e. The maximum Gasteiger partial charge on any atom is 0.223 e. The lowest BCUT2D eigenvalue weighted by atomic mass is 10.1. The molecule has 5 rings (SSSR count). The molecule has 5 nitrogen and oxygen atoms in total. The number of hydrogen-bond acceptors (Lipinski definition) is 7. The highest BCUT2D eigenvalue weighted by Crippen LogP contribution is 2.41. The first kappa shape index (κ1) is 16.2. The van der Waals surface area contributed by atoms with Crippen LogP contribution in [0.1, 0.15) is 32.1 Å². The van der Waals surface area contributed by atoms with Crippen molar-refractivity contribution in [2.45, 2.75) is 38.1 Å². The molecule has 0 amide bonds. The topological polar surface area (TPSA) is 53.9 Å². The van der Waals surface area contributed by atoms with E-state index in [1.807, 2.05) is 12.3 Å². The second-order valence-corrected chi connectivity index (χ2v) is 8.81. The standard InChI is InChI=1S/C19H21N5S2/c1-2-10-24(11-3-1)19-23-16(15-5-4-12-25-15)17(26-19)14-8-9-20-18(22-14)21-13-6-7-13/h4-5,8-9,12-13H,1-3,6-7,10-11H2,(H,20,21,22). The zero-order chi connectivity index (χ0) is 17.3. The minimum atomic E-state index is 0.549. The van der Waals surface area contributed by atoms with Gasteiger partial charge in [-0.2, -0.15) is 0 Å². The maximum absolute atomic E-state index is 5.03. The van der Waals surface area contributed by atoms with Gasteiger partial charge in [-0.15, -0.1) is 11.3 Å². The van der Waals surface area contributed by atoms with E-state index >= 15 is 0 Å². The Morgan fingerprint density at radius 1 is 1.08 bits per heavy atom. The number of piperidine rings is 1. The molecular weight excluding hydrogens is 362 g/mol. The van der Waals surface area contributed by atoms with Crippen LogP contribution in [0.5, 0.6) is 0 Å². The van der Waals surface area contributed by atoms with E-state index in [9.17, 15) is 0 Å². The van der Waals surface area contributed by atoms with Crippen LogP contribution in [0.25, 0.3) is 21.1 Å². The highest BCUT2D eigenvalue weighted by Gasteiger charge is 2.24. The molecule has 0 spiro atoms. The number of rotatable bonds is 5. The molecule has 1 aliphatic carbocycles. The van der Waals surface area contributed by atoms with Crippen molar-refractivity contribution in [1.29, 1.82) is 0 Å². The third-order valence-corrected chi connectivity index (χ3v) is 6.81. The van der Waals surface area contributed by atoms with Crippen molar-refractivity contribution in [2.75, 3.05) is 23.3 Å². The molecule has 3 aromatic rings. The van der Waals surface area contributed by atoms with E-state index in [0.29, 0.717) is 6.04 Å². The van der Waals surface area contributed by atoms with E-state index in [0.717, 1.165) is 40.4 Å². The summed E-state index contributed by atoms with van der Waals surface area (Å²) in [7, 11) is 0. The van der Waals surface area contributed by atoms with Gasteiger partial charge >= 0.3 is 0 Å². The van der Waals surface area contributed by atoms with Crippen molar-refractivity contribution < 1.29 is 0 Å². The van der Waals surface area contributed by atoms with Crippen molar-refractivity contribution in [2.24, 2.45) is 0 Å². The number of thiazole rings is 1. The number of aromatic nitrogens is 3. The first-order valence-corrected chi connectivity index (χ1v) is 11.0. The molecule has 0 bridgehead atoms. The first-order valence-electron chi connectivity index (χ1n) is 9.26. The Bertz CT molecular complexity index is 879. The van der Waals surface area contributed by atoms with Crippen LogP contribution in [0.3, 0.4) is 0 Å². The second kappa shape index (κ2) is 6.96. The van der Waals surface area contributed by atoms with Crippen molar-refractivity contribution >= 4 is 33.8 Å². The van der Waals surface area contributed by atoms with Gasteiger partial charge in [0.2, 0.25) is 5.95 Å². The van der Waals surface area contributed by atoms with E-state index < -0.39 is 0 Å². The van der Waals surface area contributed by atoms with Gasteiger partial charge in [-0.1, -0.05) is 17.4 Å². The van der Waals surface area contributed by atoms with E-state index in [1.165, 1.54) is 37.0 Å². The first-order chi connectivity index (χ1) is 12.9. The molecule has 2 aliphatic rings. The molecule has 0 aromatic carbocycles. The van der Waals surface area contributed by atoms with Crippen LogP contribution < -0.4 is 10.2 Å². The van der Waals surface area contributed by atoms with Gasteiger partial charge < -0.3 is 10.2 Å². The maximum atomic E-state index is 5.03. The van der Waals surface area contributed by atoms with Crippen molar-refractivity contribution in [3.8, 4) is 21.1 Å². The summed E-state index contributed by atoms with van der Waals surface area (Å²) >= 11 is 3.50. The number of nitrogens with zero attached hydrogens (tertiary/aromatic N) is 4. The van der Waals surface area contributed by atoms with Crippen LogP contribution in [0.15, 0.2) is 29.8 Å². The Labute approximate surface area is 161 Å². The Morgan fingerprint density at radius 2 is 1.96 bits per heavy atom. The highest BCUT2D eigenvalue weighted by molar-refractivity contribution is 7.20. The predicted molar refractivity (Wildman–Crippen MR) is 109 cm³/mol. The van der Waals surface area contributed by atoms with Crippen LogP contribution >= 0.6 is 22.7 Å². The molecular formula is C19H21N5S2. The van der Waals surface area contributed by atoms with Gasteiger partial charge in [0.15, 0.2) is 5.13 Å². The van der Waals surface area contributed by atoms with Crippen LogP contribution in [-0.4, -0.2) is 34.1 Å². The molecule has 1 N–H and O–H groups in total. The normalized spacial score (nSPS) is 17.5. The Hall–Kier alpha value is -1.99. The zero-order valence-corrected chi connectivity index (χ0v) is 16.2. The highest BCUT2D eigenvalue weighted by atomic mass is 32.1. The lowest BCUT2D eigenvalue weighted by Gasteiger charge is -2.25. The molecule has 1 saturated carbocycles. The monoisotopic (exact) mass is 383 g/mol. The lowest BCUT2D eigenvalue weighted by Crippen LogP contribution is -2.29. The molecule has 4 heterocycles. The fourth-order valence-corrected chi connectivity index (χ4v) is 5.13. The fraction of sp³-hybridized carbons (Fsp3) is 0.421. The van der Waals surface area contributed by atoms with E-state index in [4.69, 9.17) is 9.97 Å². The third kappa shape index (κ3) is 3.33. The van der Waals surface area contributed by atoms with Crippen molar-refractivity contribution in [1.82, 2.24) is 15.0 Å². The quantitative estimate of drug-likeness (QED) is 0.679. The summed E-state index contributed by atoms with van der Waals surface area (Å²) in [6.07, 6.45) is 8.12. The molecule has 1 saturated heterocycles. The Kier molecular flexibility index (Phi) is 4.34. The van der Waals surface area contributed by atoms with Gasteiger partial charge in [-0.3, -0.25) is 0 Å². The molecule has 0 unspecified atom stereocenters. The van der Waals surface area contributed by atoms with Gasteiger partial charge in [0.05, 0.1) is 15.4 Å². The molecule has 0 atom stereocenters. The summed E-state index contributed by atoms with van der Waals surface area (Å²) in [5.74, 6) is 0.732. The average molecular weight is 384 g/mol. The Balaban J connectivity index is 1.54. The molecule has 3 aromatic heterocycles. The van der Waals surface area contributed by atoms with Crippen LogP contribution in [0, 0.1) is 0 Å². The minimum absolute atomic E-state index is 0.549. The third-order valence-electron chi connectivity index (χ3n) is 4.80. The summed E-state index contributed by atoms with van der Waals surface area (Å²) < 4.78 is 0. The number of thiophene rings is 1. The SMILES string of the molecule is c1csc(-c2nc(N3CCCCC3)sc2-c2ccnc(NC3CC3)n2)c1. The molecule has 7 heteroatoms. The molecule has 134 valence electrons. The zero-order valence-electron chi connectivity index (χ0n) is 14.5. The van der Waals surface area contributed by atoms with E-state index in [2.05, 4.69) is 32.7 Å². The van der Waals surface area contributed by atoms with Gasteiger partial charge in [-0.05, 0) is 49.6 Å². The predicted octanol–water partition coefficient (Wildman–Crippen LogP) is 4.89.